The first-order valence-electron chi connectivity index (χ1n) is 4.76. The Bertz CT molecular complexity index is 160. The summed E-state index contributed by atoms with van der Waals surface area (Å²) in [5, 5.41) is 0. The van der Waals surface area contributed by atoms with Crippen LogP contribution in [0.25, 0.3) is 0 Å². The maximum atomic E-state index is 12.9. The maximum Gasteiger partial charge on any atom is 0.251 e. The van der Waals surface area contributed by atoms with Gasteiger partial charge < -0.3 is 4.52 Å². The zero-order chi connectivity index (χ0) is 11.2. The maximum absolute atomic E-state index is 12.9. The molecule has 0 aliphatic carbocycles. The van der Waals surface area contributed by atoms with Crippen LogP contribution in [0.5, 0.6) is 0 Å². The van der Waals surface area contributed by atoms with E-state index in [4.69, 9.17) is 4.52 Å². The third kappa shape index (κ3) is 4.93. The Labute approximate surface area is 89.3 Å². The minimum atomic E-state index is -2.51. The van der Waals surface area contributed by atoms with Crippen molar-refractivity contribution in [3.05, 3.63) is 0 Å². The molecule has 1 heterocycles. The van der Waals surface area contributed by atoms with Crippen molar-refractivity contribution >= 4 is 18.9 Å². The van der Waals surface area contributed by atoms with Crippen LogP contribution in [0.4, 0.5) is 8.78 Å². The fraction of sp³-hybridized carbons (Fsp3) is 1.00. The van der Waals surface area contributed by atoms with Gasteiger partial charge in [-0.3, -0.25) is 4.67 Å². The predicted molar refractivity (Wildman–Crippen MR) is 61.4 cm³/mol. The van der Waals surface area contributed by atoms with E-state index in [9.17, 15) is 8.78 Å². The van der Waals surface area contributed by atoms with Crippen LogP contribution in [0.1, 0.15) is 26.7 Å². The van der Waals surface area contributed by atoms with Crippen LogP contribution in [-0.2, 0) is 4.52 Å². The Morgan fingerprint density at radius 3 is 2.57 bits per heavy atom. The van der Waals surface area contributed by atoms with Gasteiger partial charge in [0.25, 0.3) is 5.92 Å². The number of hydrogen-bond donors (Lipinski definition) is 0. The summed E-state index contributed by atoms with van der Waals surface area (Å²) in [4.78, 5) is 0. The van der Waals surface area contributed by atoms with Crippen LogP contribution < -0.4 is 0 Å². The molecule has 0 aromatic heterocycles. The van der Waals surface area contributed by atoms with Crippen molar-refractivity contribution in [1.82, 2.24) is 4.67 Å². The van der Waals surface area contributed by atoms with Crippen molar-refractivity contribution in [2.24, 2.45) is 0 Å². The second kappa shape index (κ2) is 7.00. The molecule has 3 atom stereocenters. The Hall–Kier alpha value is 0.640. The van der Waals surface area contributed by atoms with Gasteiger partial charge in [-0.1, -0.05) is 23.2 Å². The normalized spacial score (nSPS) is 26.6. The SMILES string of the molecule is CC.FC1(F)CCN(P)C(COP)C1. The average molecular weight is 245 g/mol. The van der Waals surface area contributed by atoms with Crippen molar-refractivity contribution < 1.29 is 13.3 Å². The Morgan fingerprint density at radius 2 is 2.07 bits per heavy atom. The summed E-state index contributed by atoms with van der Waals surface area (Å²) in [6.07, 6.45) is -0.158. The Kier molecular flexibility index (Phi) is 7.32. The first-order chi connectivity index (χ1) is 6.55. The molecule has 0 N–H and O–H groups in total. The van der Waals surface area contributed by atoms with Crippen LogP contribution in [0.2, 0.25) is 0 Å². The number of rotatable bonds is 2. The van der Waals surface area contributed by atoms with Gasteiger partial charge in [0, 0.05) is 34.9 Å². The van der Waals surface area contributed by atoms with Gasteiger partial charge in [0.1, 0.15) is 0 Å². The Balaban J connectivity index is 0.000000791. The molecule has 14 heavy (non-hydrogen) atoms. The van der Waals surface area contributed by atoms with Crippen molar-refractivity contribution in [2.45, 2.75) is 38.7 Å². The van der Waals surface area contributed by atoms with Gasteiger partial charge >= 0.3 is 0 Å². The molecule has 0 radical (unpaired) electrons. The van der Waals surface area contributed by atoms with E-state index in [0.717, 1.165) is 0 Å². The lowest BCUT2D eigenvalue weighted by Gasteiger charge is -2.36. The molecule has 1 fully saturated rings. The van der Waals surface area contributed by atoms with E-state index in [0.29, 0.717) is 13.2 Å². The lowest BCUT2D eigenvalue weighted by atomic mass is 10.0. The monoisotopic (exact) mass is 245 g/mol. The summed E-state index contributed by atoms with van der Waals surface area (Å²) in [5.74, 6) is -2.51. The molecular formula is C8H19F2NOP2. The van der Waals surface area contributed by atoms with E-state index >= 15 is 0 Å². The molecule has 0 bridgehead atoms. The molecule has 6 heteroatoms. The van der Waals surface area contributed by atoms with Crippen molar-refractivity contribution in [3.63, 3.8) is 0 Å². The van der Waals surface area contributed by atoms with Gasteiger partial charge in [0.05, 0.1) is 6.61 Å². The predicted octanol–water partition coefficient (Wildman–Crippen LogP) is 2.71. The van der Waals surface area contributed by atoms with Crippen LogP contribution in [-0.4, -0.2) is 29.8 Å². The highest BCUT2D eigenvalue weighted by molar-refractivity contribution is 7.13. The van der Waals surface area contributed by atoms with Crippen LogP contribution in [0.3, 0.4) is 0 Å². The van der Waals surface area contributed by atoms with Gasteiger partial charge in [-0.2, -0.15) is 0 Å². The van der Waals surface area contributed by atoms with E-state index in [1.165, 1.54) is 0 Å². The molecule has 0 aromatic carbocycles. The summed E-state index contributed by atoms with van der Waals surface area (Å²) in [5.41, 5.74) is 0. The molecule has 1 rings (SSSR count). The highest BCUT2D eigenvalue weighted by atomic mass is 31.0. The first-order valence-corrected chi connectivity index (χ1v) is 5.75. The smallest absolute Gasteiger partial charge is 0.251 e. The van der Waals surface area contributed by atoms with Crippen molar-refractivity contribution in [2.75, 3.05) is 13.2 Å². The third-order valence-electron chi connectivity index (χ3n) is 2.03. The van der Waals surface area contributed by atoms with E-state index in [1.54, 1.807) is 0 Å². The Morgan fingerprint density at radius 1 is 1.50 bits per heavy atom. The highest BCUT2D eigenvalue weighted by Crippen LogP contribution is 2.33. The fourth-order valence-electron chi connectivity index (χ4n) is 1.31. The number of nitrogens with zero attached hydrogens (tertiary/aromatic N) is 1. The quantitative estimate of drug-likeness (QED) is 0.693. The van der Waals surface area contributed by atoms with Crippen LogP contribution >= 0.6 is 18.9 Å². The first kappa shape index (κ1) is 14.6. The number of alkyl halides is 2. The number of piperidine rings is 1. The van der Waals surface area contributed by atoms with E-state index < -0.39 is 5.92 Å². The standard InChI is InChI=1S/C6H13F2NOP2.C2H6/c7-6(8)1-2-9(11)5(3-6)4-10-12;1-2/h5H,1-4,11-12H2;1-2H3. The molecule has 0 saturated carbocycles. The van der Waals surface area contributed by atoms with Gasteiger partial charge in [-0.25, -0.2) is 8.78 Å². The summed E-state index contributed by atoms with van der Waals surface area (Å²) in [6, 6.07) is -0.184. The largest absolute Gasteiger partial charge is 0.364 e. The minimum absolute atomic E-state index is 0.0517. The average Bonchev–Trinajstić information content (AvgIpc) is 2.15. The number of halogens is 2. The second-order valence-corrected chi connectivity index (χ2v) is 4.03. The molecule has 1 aliphatic heterocycles. The van der Waals surface area contributed by atoms with Crippen LogP contribution in [0, 0.1) is 0 Å². The zero-order valence-electron chi connectivity index (χ0n) is 8.67. The third-order valence-corrected chi connectivity index (χ3v) is 2.90. The van der Waals surface area contributed by atoms with Gasteiger partial charge in [-0.15, -0.1) is 0 Å². The molecule has 0 amide bonds. The van der Waals surface area contributed by atoms with E-state index in [2.05, 4.69) is 18.9 Å². The van der Waals surface area contributed by atoms with Gasteiger partial charge in [-0.05, 0) is 0 Å². The summed E-state index contributed by atoms with van der Waals surface area (Å²) in [7, 11) is 4.54. The minimum Gasteiger partial charge on any atom is -0.364 e. The summed E-state index contributed by atoms with van der Waals surface area (Å²) >= 11 is 0. The lowest BCUT2D eigenvalue weighted by molar-refractivity contribution is -0.0635. The highest BCUT2D eigenvalue weighted by Gasteiger charge is 2.38. The van der Waals surface area contributed by atoms with Crippen LogP contribution in [0.15, 0.2) is 0 Å². The summed E-state index contributed by atoms with van der Waals surface area (Å²) in [6.45, 7) is 4.75. The van der Waals surface area contributed by atoms with Crippen molar-refractivity contribution in [1.29, 1.82) is 0 Å². The number of hydrogen-bond acceptors (Lipinski definition) is 2. The molecule has 3 unspecified atom stereocenters. The van der Waals surface area contributed by atoms with E-state index in [-0.39, 0.29) is 18.9 Å². The lowest BCUT2D eigenvalue weighted by Crippen LogP contribution is -2.43. The van der Waals surface area contributed by atoms with Gasteiger partial charge in [0.15, 0.2) is 0 Å². The molecule has 2 nitrogen and oxygen atoms in total. The second-order valence-electron chi connectivity index (χ2n) is 3.04. The molecule has 0 aromatic rings. The topological polar surface area (TPSA) is 12.5 Å². The van der Waals surface area contributed by atoms with Crippen molar-refractivity contribution in [3.8, 4) is 0 Å². The van der Waals surface area contributed by atoms with Gasteiger partial charge in [0.2, 0.25) is 0 Å². The molecule has 1 aliphatic rings. The molecule has 0 spiro atoms. The zero-order valence-corrected chi connectivity index (χ0v) is 11.0. The fourth-order valence-corrected chi connectivity index (χ4v) is 1.85. The molecule has 1 saturated heterocycles. The summed E-state index contributed by atoms with van der Waals surface area (Å²) < 4.78 is 32.3. The van der Waals surface area contributed by atoms with E-state index in [1.807, 2.05) is 18.5 Å². The molecular weight excluding hydrogens is 226 g/mol. The molecule has 86 valence electrons.